The third kappa shape index (κ3) is 8.16. The summed E-state index contributed by atoms with van der Waals surface area (Å²) in [7, 11) is 0. The van der Waals surface area contributed by atoms with Crippen LogP contribution in [0.5, 0.6) is 0 Å². The number of nitrogens with two attached hydrogens (primary N) is 1. The number of ether oxygens (including phenoxy) is 1. The predicted molar refractivity (Wildman–Crippen MR) is 70.8 cm³/mol. The average molecular weight is 244 g/mol. The van der Waals surface area contributed by atoms with Crippen LogP contribution in [0.15, 0.2) is 0 Å². The van der Waals surface area contributed by atoms with Gasteiger partial charge in [0.25, 0.3) is 0 Å². The van der Waals surface area contributed by atoms with E-state index in [2.05, 4.69) is 19.2 Å². The van der Waals surface area contributed by atoms with Gasteiger partial charge >= 0.3 is 0 Å². The molecule has 0 fully saturated rings. The first-order valence-electron chi connectivity index (χ1n) is 6.57. The largest absolute Gasteiger partial charge is 0.370 e. The van der Waals surface area contributed by atoms with E-state index >= 15 is 0 Å². The monoisotopic (exact) mass is 244 g/mol. The highest BCUT2D eigenvalue weighted by atomic mass is 16.5. The van der Waals surface area contributed by atoms with Gasteiger partial charge in [-0.05, 0) is 25.2 Å². The summed E-state index contributed by atoms with van der Waals surface area (Å²) in [5, 5.41) is 2.83. The number of hydrogen-bond donors (Lipinski definition) is 2. The summed E-state index contributed by atoms with van der Waals surface area (Å²) >= 11 is 0. The predicted octanol–water partition coefficient (Wildman–Crippen LogP) is 1.68. The van der Waals surface area contributed by atoms with Crippen LogP contribution in [0.1, 0.15) is 47.0 Å². The second-order valence-corrected chi connectivity index (χ2v) is 5.09. The Labute approximate surface area is 105 Å². The van der Waals surface area contributed by atoms with Crippen LogP contribution in [0, 0.1) is 5.92 Å². The smallest absolute Gasteiger partial charge is 0.245 e. The van der Waals surface area contributed by atoms with Crippen molar-refractivity contribution in [3.63, 3.8) is 0 Å². The molecule has 0 atom stereocenters. The molecule has 4 nitrogen and oxygen atoms in total. The van der Waals surface area contributed by atoms with E-state index < -0.39 is 0 Å². The van der Waals surface area contributed by atoms with E-state index in [4.69, 9.17) is 10.5 Å². The number of amides is 1. The van der Waals surface area contributed by atoms with Gasteiger partial charge in [-0.25, -0.2) is 0 Å². The van der Waals surface area contributed by atoms with Crippen molar-refractivity contribution < 1.29 is 9.53 Å². The highest BCUT2D eigenvalue weighted by molar-refractivity contribution is 5.77. The lowest BCUT2D eigenvalue weighted by molar-refractivity contribution is -0.126. The minimum atomic E-state index is -0.293. The molecule has 0 aliphatic rings. The summed E-state index contributed by atoms with van der Waals surface area (Å²) in [6, 6.07) is 0. The summed E-state index contributed by atoms with van der Waals surface area (Å²) in [6.07, 6.45) is 2.72. The molecule has 0 aliphatic carbocycles. The van der Waals surface area contributed by atoms with Gasteiger partial charge in [-0.2, -0.15) is 0 Å². The van der Waals surface area contributed by atoms with E-state index in [1.165, 1.54) is 0 Å². The molecule has 0 aromatic rings. The van der Waals surface area contributed by atoms with Crippen molar-refractivity contribution in [3.8, 4) is 0 Å². The maximum atomic E-state index is 11.4. The van der Waals surface area contributed by atoms with Crippen molar-refractivity contribution in [3.05, 3.63) is 0 Å². The van der Waals surface area contributed by atoms with E-state index in [9.17, 15) is 4.79 Å². The molecule has 0 heterocycles. The van der Waals surface area contributed by atoms with Crippen molar-refractivity contribution in [2.45, 2.75) is 52.5 Å². The molecule has 17 heavy (non-hydrogen) atoms. The minimum Gasteiger partial charge on any atom is -0.370 e. The van der Waals surface area contributed by atoms with Crippen molar-refractivity contribution >= 4 is 5.91 Å². The second kappa shape index (κ2) is 8.48. The number of carbonyl (C=O) groups is 1. The topological polar surface area (TPSA) is 64.3 Å². The third-order valence-corrected chi connectivity index (χ3v) is 3.07. The molecule has 0 radical (unpaired) electrons. The zero-order valence-corrected chi connectivity index (χ0v) is 11.7. The minimum absolute atomic E-state index is 0.0554. The Hall–Kier alpha value is -0.610. The van der Waals surface area contributed by atoms with Gasteiger partial charge in [0, 0.05) is 12.1 Å². The van der Waals surface area contributed by atoms with Gasteiger partial charge in [-0.3, -0.25) is 4.79 Å². The summed E-state index contributed by atoms with van der Waals surface area (Å²) < 4.78 is 5.36. The van der Waals surface area contributed by atoms with Gasteiger partial charge in [0.15, 0.2) is 0 Å². The molecule has 0 saturated heterocycles. The zero-order chi connectivity index (χ0) is 13.3. The molecule has 3 N–H and O–H groups in total. The Morgan fingerprint density at radius 3 is 2.41 bits per heavy atom. The summed E-state index contributed by atoms with van der Waals surface area (Å²) in [5.74, 6) is 0.549. The van der Waals surface area contributed by atoms with Gasteiger partial charge in [0.1, 0.15) is 6.61 Å². The van der Waals surface area contributed by atoms with Crippen LogP contribution in [0.2, 0.25) is 0 Å². The normalized spacial score (nSPS) is 11.9. The van der Waals surface area contributed by atoms with Gasteiger partial charge in [-0.1, -0.05) is 27.7 Å². The van der Waals surface area contributed by atoms with Gasteiger partial charge in [-0.15, -0.1) is 0 Å². The Morgan fingerprint density at radius 2 is 1.94 bits per heavy atom. The van der Waals surface area contributed by atoms with E-state index in [0.717, 1.165) is 25.8 Å². The SMILES string of the molecule is CCC(N)(CC)COCC(=O)NCCC(C)C. The molecule has 102 valence electrons. The Bertz CT molecular complexity index is 213. The molecule has 0 saturated carbocycles. The van der Waals surface area contributed by atoms with Gasteiger partial charge in [0.2, 0.25) is 5.91 Å². The Morgan fingerprint density at radius 1 is 1.35 bits per heavy atom. The van der Waals surface area contributed by atoms with Gasteiger partial charge < -0.3 is 15.8 Å². The highest BCUT2D eigenvalue weighted by Crippen LogP contribution is 2.11. The molecule has 0 unspecified atom stereocenters. The Balaban J connectivity index is 3.64. The van der Waals surface area contributed by atoms with E-state index in [1.807, 2.05) is 13.8 Å². The molecule has 4 heteroatoms. The number of carbonyl (C=O) groups excluding carboxylic acids is 1. The fraction of sp³-hybridized carbons (Fsp3) is 0.923. The van der Waals surface area contributed by atoms with Crippen LogP contribution in [0.4, 0.5) is 0 Å². The molecule has 0 aliphatic heterocycles. The fourth-order valence-corrected chi connectivity index (χ4v) is 1.35. The van der Waals surface area contributed by atoms with Gasteiger partial charge in [0.05, 0.1) is 6.61 Å². The molecule has 1 amide bonds. The number of hydrogen-bond acceptors (Lipinski definition) is 3. The van der Waals surface area contributed by atoms with Crippen LogP contribution >= 0.6 is 0 Å². The molecular formula is C13H28N2O2. The first kappa shape index (κ1) is 16.4. The maximum Gasteiger partial charge on any atom is 0.245 e. The average Bonchev–Trinajstić information content (AvgIpc) is 2.28. The standard InChI is InChI=1S/C13H28N2O2/c1-5-13(14,6-2)10-17-9-12(16)15-8-7-11(3)4/h11H,5-10,14H2,1-4H3,(H,15,16). The van der Waals surface area contributed by atoms with E-state index in [-0.39, 0.29) is 18.1 Å². The second-order valence-electron chi connectivity index (χ2n) is 5.09. The van der Waals surface area contributed by atoms with E-state index in [1.54, 1.807) is 0 Å². The molecule has 0 spiro atoms. The molecule has 0 bridgehead atoms. The van der Waals surface area contributed by atoms with Crippen LogP contribution in [-0.4, -0.2) is 31.2 Å². The summed E-state index contributed by atoms with van der Waals surface area (Å²) in [5.41, 5.74) is 5.77. The first-order chi connectivity index (χ1) is 7.93. The Kier molecular flexibility index (Phi) is 8.17. The molecule has 0 aromatic heterocycles. The first-order valence-corrected chi connectivity index (χ1v) is 6.57. The summed E-state index contributed by atoms with van der Waals surface area (Å²) in [6.45, 7) is 9.61. The van der Waals surface area contributed by atoms with Crippen LogP contribution in [-0.2, 0) is 9.53 Å². The van der Waals surface area contributed by atoms with Crippen molar-refractivity contribution in [2.75, 3.05) is 19.8 Å². The number of rotatable bonds is 9. The molecular weight excluding hydrogens is 216 g/mol. The quantitative estimate of drug-likeness (QED) is 0.648. The van der Waals surface area contributed by atoms with Crippen molar-refractivity contribution in [1.82, 2.24) is 5.32 Å². The molecule has 0 aromatic carbocycles. The lowest BCUT2D eigenvalue weighted by atomic mass is 9.96. The van der Waals surface area contributed by atoms with Crippen molar-refractivity contribution in [2.24, 2.45) is 11.7 Å². The van der Waals surface area contributed by atoms with Crippen molar-refractivity contribution in [1.29, 1.82) is 0 Å². The van der Waals surface area contributed by atoms with Crippen LogP contribution in [0.3, 0.4) is 0 Å². The number of nitrogens with one attached hydrogen (secondary N) is 1. The van der Waals surface area contributed by atoms with E-state index in [0.29, 0.717) is 12.5 Å². The lowest BCUT2D eigenvalue weighted by Crippen LogP contribution is -2.44. The lowest BCUT2D eigenvalue weighted by Gasteiger charge is -2.26. The maximum absolute atomic E-state index is 11.4. The molecule has 0 rings (SSSR count). The highest BCUT2D eigenvalue weighted by Gasteiger charge is 2.20. The summed E-state index contributed by atoms with van der Waals surface area (Å²) in [4.78, 5) is 11.4. The fourth-order valence-electron chi connectivity index (χ4n) is 1.35. The zero-order valence-electron chi connectivity index (χ0n) is 11.7. The van der Waals surface area contributed by atoms with Crippen LogP contribution < -0.4 is 11.1 Å². The third-order valence-electron chi connectivity index (χ3n) is 3.07. The van der Waals surface area contributed by atoms with Crippen LogP contribution in [0.25, 0.3) is 0 Å².